The molecule has 0 saturated carbocycles. The molecular formula is C12H16IN3. The van der Waals surface area contributed by atoms with Gasteiger partial charge in [0.2, 0.25) is 0 Å². The Bertz CT molecular complexity index is 399. The lowest BCUT2D eigenvalue weighted by Gasteiger charge is -2.04. The van der Waals surface area contributed by atoms with Gasteiger partial charge in [-0.25, -0.2) is 4.99 Å². The van der Waals surface area contributed by atoms with Gasteiger partial charge in [-0.1, -0.05) is 23.6 Å². The van der Waals surface area contributed by atoms with Crippen LogP contribution in [0.2, 0.25) is 0 Å². The molecule has 0 amide bonds. The number of halogens is 1. The molecule has 1 rings (SSSR count). The SMILES string of the molecule is CC#CCN=C(N)Nc1ccc(C)cc1.I. The van der Waals surface area contributed by atoms with Crippen molar-refractivity contribution >= 4 is 35.6 Å². The van der Waals surface area contributed by atoms with Crippen molar-refractivity contribution in [3.8, 4) is 11.8 Å². The molecule has 4 heteroatoms. The average molecular weight is 329 g/mol. The van der Waals surface area contributed by atoms with E-state index in [2.05, 4.69) is 22.2 Å². The number of hydrogen-bond acceptors (Lipinski definition) is 1. The zero-order chi connectivity index (χ0) is 11.1. The zero-order valence-electron chi connectivity index (χ0n) is 9.45. The second-order valence-electron chi connectivity index (χ2n) is 3.12. The summed E-state index contributed by atoms with van der Waals surface area (Å²) in [6.07, 6.45) is 0. The van der Waals surface area contributed by atoms with Gasteiger partial charge in [-0.05, 0) is 26.0 Å². The Kier molecular flexibility index (Phi) is 7.38. The van der Waals surface area contributed by atoms with Gasteiger partial charge in [0.05, 0.1) is 0 Å². The molecule has 0 spiro atoms. The van der Waals surface area contributed by atoms with Gasteiger partial charge in [0, 0.05) is 5.69 Å². The van der Waals surface area contributed by atoms with Gasteiger partial charge < -0.3 is 11.1 Å². The summed E-state index contributed by atoms with van der Waals surface area (Å²) in [7, 11) is 0. The van der Waals surface area contributed by atoms with Gasteiger partial charge in [0.15, 0.2) is 5.96 Å². The minimum Gasteiger partial charge on any atom is -0.370 e. The fourth-order valence-corrected chi connectivity index (χ4v) is 1.03. The Morgan fingerprint density at radius 2 is 2.00 bits per heavy atom. The van der Waals surface area contributed by atoms with Crippen LogP contribution in [0.3, 0.4) is 0 Å². The van der Waals surface area contributed by atoms with Gasteiger partial charge in [0.1, 0.15) is 6.54 Å². The van der Waals surface area contributed by atoms with Crippen LogP contribution in [0.5, 0.6) is 0 Å². The van der Waals surface area contributed by atoms with Crippen LogP contribution in [0, 0.1) is 18.8 Å². The molecule has 0 radical (unpaired) electrons. The first-order chi connectivity index (χ1) is 7.22. The maximum atomic E-state index is 5.66. The highest BCUT2D eigenvalue weighted by Gasteiger charge is 1.92. The molecule has 3 nitrogen and oxygen atoms in total. The molecular weight excluding hydrogens is 313 g/mol. The Morgan fingerprint density at radius 1 is 1.38 bits per heavy atom. The molecule has 1 aromatic rings. The predicted molar refractivity (Wildman–Crippen MR) is 80.2 cm³/mol. The second-order valence-corrected chi connectivity index (χ2v) is 3.12. The van der Waals surface area contributed by atoms with Crippen LogP contribution in [0.4, 0.5) is 5.69 Å². The Morgan fingerprint density at radius 3 is 2.56 bits per heavy atom. The summed E-state index contributed by atoms with van der Waals surface area (Å²) in [5, 5.41) is 2.99. The monoisotopic (exact) mass is 329 g/mol. The highest BCUT2D eigenvalue weighted by Crippen LogP contribution is 2.07. The molecule has 16 heavy (non-hydrogen) atoms. The van der Waals surface area contributed by atoms with E-state index in [4.69, 9.17) is 5.73 Å². The summed E-state index contributed by atoms with van der Waals surface area (Å²) in [5.74, 6) is 5.96. The van der Waals surface area contributed by atoms with Crippen molar-refractivity contribution in [2.75, 3.05) is 11.9 Å². The molecule has 0 fully saturated rings. The summed E-state index contributed by atoms with van der Waals surface area (Å²) in [5.41, 5.74) is 7.81. The standard InChI is InChI=1S/C12H15N3.HI/c1-3-4-9-14-12(13)15-11-7-5-10(2)6-8-11;/h5-8H,9H2,1-2H3,(H3,13,14,15);1H. The quantitative estimate of drug-likeness (QED) is 0.379. The lowest BCUT2D eigenvalue weighted by Crippen LogP contribution is -2.22. The third-order valence-corrected chi connectivity index (χ3v) is 1.83. The molecule has 0 heterocycles. The molecule has 0 atom stereocenters. The van der Waals surface area contributed by atoms with E-state index in [-0.39, 0.29) is 24.0 Å². The fraction of sp³-hybridized carbons (Fsp3) is 0.250. The highest BCUT2D eigenvalue weighted by molar-refractivity contribution is 14.0. The predicted octanol–water partition coefficient (Wildman–Crippen LogP) is 2.36. The number of aryl methyl sites for hydroxylation is 1. The normalized spacial score (nSPS) is 9.75. The number of anilines is 1. The summed E-state index contributed by atoms with van der Waals surface area (Å²) < 4.78 is 0. The first-order valence-electron chi connectivity index (χ1n) is 4.75. The van der Waals surface area contributed by atoms with Crippen molar-refractivity contribution in [1.82, 2.24) is 0 Å². The third kappa shape index (κ3) is 5.61. The molecule has 3 N–H and O–H groups in total. The Labute approximate surface area is 114 Å². The van der Waals surface area contributed by atoms with E-state index in [1.165, 1.54) is 5.56 Å². The molecule has 0 aliphatic carbocycles. The molecule has 0 aromatic heterocycles. The third-order valence-electron chi connectivity index (χ3n) is 1.83. The van der Waals surface area contributed by atoms with Gasteiger partial charge in [-0.2, -0.15) is 0 Å². The largest absolute Gasteiger partial charge is 0.370 e. The van der Waals surface area contributed by atoms with Crippen molar-refractivity contribution in [1.29, 1.82) is 0 Å². The van der Waals surface area contributed by atoms with E-state index < -0.39 is 0 Å². The minimum atomic E-state index is 0. The van der Waals surface area contributed by atoms with Crippen LogP contribution in [0.25, 0.3) is 0 Å². The zero-order valence-corrected chi connectivity index (χ0v) is 11.8. The van der Waals surface area contributed by atoms with Crippen molar-refractivity contribution in [2.45, 2.75) is 13.8 Å². The maximum absolute atomic E-state index is 5.66. The topological polar surface area (TPSA) is 50.4 Å². The molecule has 0 aliphatic heterocycles. The molecule has 0 unspecified atom stereocenters. The lowest BCUT2D eigenvalue weighted by molar-refractivity contribution is 1.26. The fourth-order valence-electron chi connectivity index (χ4n) is 1.03. The van der Waals surface area contributed by atoms with Crippen molar-refractivity contribution in [3.05, 3.63) is 29.8 Å². The highest BCUT2D eigenvalue weighted by atomic mass is 127. The maximum Gasteiger partial charge on any atom is 0.194 e. The smallest absolute Gasteiger partial charge is 0.194 e. The number of nitrogens with one attached hydrogen (secondary N) is 1. The van der Waals surface area contributed by atoms with E-state index in [1.54, 1.807) is 6.92 Å². The van der Waals surface area contributed by atoms with Crippen LogP contribution in [0.1, 0.15) is 12.5 Å². The molecule has 0 bridgehead atoms. The van der Waals surface area contributed by atoms with E-state index in [0.29, 0.717) is 12.5 Å². The van der Waals surface area contributed by atoms with Crippen LogP contribution < -0.4 is 11.1 Å². The first-order valence-corrected chi connectivity index (χ1v) is 4.75. The number of rotatable bonds is 2. The van der Waals surface area contributed by atoms with E-state index in [0.717, 1.165) is 5.69 Å². The van der Waals surface area contributed by atoms with Crippen molar-refractivity contribution < 1.29 is 0 Å². The number of nitrogens with two attached hydrogens (primary N) is 1. The summed E-state index contributed by atoms with van der Waals surface area (Å²) in [6, 6.07) is 7.95. The first kappa shape index (κ1) is 14.8. The number of benzene rings is 1. The van der Waals surface area contributed by atoms with Gasteiger partial charge in [-0.15, -0.1) is 29.9 Å². The number of hydrogen-bond donors (Lipinski definition) is 2. The van der Waals surface area contributed by atoms with E-state index in [9.17, 15) is 0 Å². The van der Waals surface area contributed by atoms with Gasteiger partial charge in [-0.3, -0.25) is 0 Å². The molecule has 0 aliphatic rings. The van der Waals surface area contributed by atoms with Crippen LogP contribution in [-0.4, -0.2) is 12.5 Å². The van der Waals surface area contributed by atoms with Crippen LogP contribution >= 0.6 is 24.0 Å². The molecule has 1 aromatic carbocycles. The average Bonchev–Trinajstić information content (AvgIpc) is 2.22. The summed E-state index contributed by atoms with van der Waals surface area (Å²) in [4.78, 5) is 4.04. The number of aliphatic imine (C=N–C) groups is 1. The van der Waals surface area contributed by atoms with Crippen molar-refractivity contribution in [3.63, 3.8) is 0 Å². The van der Waals surface area contributed by atoms with Crippen molar-refractivity contribution in [2.24, 2.45) is 10.7 Å². The van der Waals surface area contributed by atoms with Gasteiger partial charge >= 0.3 is 0 Å². The summed E-state index contributed by atoms with van der Waals surface area (Å²) >= 11 is 0. The summed E-state index contributed by atoms with van der Waals surface area (Å²) in [6.45, 7) is 4.25. The Balaban J connectivity index is 0.00000225. The van der Waals surface area contributed by atoms with Gasteiger partial charge in [0.25, 0.3) is 0 Å². The van der Waals surface area contributed by atoms with Crippen LogP contribution in [-0.2, 0) is 0 Å². The molecule has 86 valence electrons. The number of nitrogens with zero attached hydrogens (tertiary/aromatic N) is 1. The second kappa shape index (κ2) is 7.99. The van der Waals surface area contributed by atoms with Crippen LogP contribution in [0.15, 0.2) is 29.3 Å². The number of guanidine groups is 1. The Hall–Kier alpha value is -1.22. The lowest BCUT2D eigenvalue weighted by atomic mass is 10.2. The van der Waals surface area contributed by atoms with E-state index in [1.807, 2.05) is 31.2 Å². The molecule has 0 saturated heterocycles. The minimum absolute atomic E-state index is 0. The van der Waals surface area contributed by atoms with E-state index >= 15 is 0 Å².